The van der Waals surface area contributed by atoms with E-state index in [-0.39, 0.29) is 0 Å². The Morgan fingerprint density at radius 2 is 1.88 bits per heavy atom. The van der Waals surface area contributed by atoms with Gasteiger partial charge < -0.3 is 10.2 Å². The van der Waals surface area contributed by atoms with E-state index < -0.39 is 0 Å². The Kier molecular flexibility index (Phi) is 4.22. The zero-order valence-electron chi connectivity index (χ0n) is 11.7. The van der Waals surface area contributed by atoms with Gasteiger partial charge in [-0.1, -0.05) is 41.5 Å². The van der Waals surface area contributed by atoms with Gasteiger partial charge in [-0.15, -0.1) is 0 Å². The van der Waals surface area contributed by atoms with E-state index in [0.717, 1.165) is 31.5 Å². The molecule has 2 rings (SSSR count). The second kappa shape index (κ2) is 5.07. The van der Waals surface area contributed by atoms with Crippen molar-refractivity contribution in [2.45, 2.75) is 47.6 Å². The maximum atomic E-state index is 4.39. The van der Waals surface area contributed by atoms with Crippen molar-refractivity contribution >= 4 is 5.96 Å². The Hall–Kier alpha value is -0.730. The number of guanidine groups is 1. The van der Waals surface area contributed by atoms with Crippen LogP contribution in [0.25, 0.3) is 0 Å². The van der Waals surface area contributed by atoms with Gasteiger partial charge in [0.25, 0.3) is 0 Å². The normalized spacial score (nSPS) is 23.6. The van der Waals surface area contributed by atoms with Gasteiger partial charge in [0.2, 0.25) is 0 Å². The van der Waals surface area contributed by atoms with E-state index in [1.807, 2.05) is 0 Å². The SMILES string of the molecule is CC(C)(C)C1CN2CCN=C2N1.CC(C)C. The quantitative estimate of drug-likeness (QED) is 0.685. The van der Waals surface area contributed by atoms with Crippen molar-refractivity contribution in [2.24, 2.45) is 16.3 Å². The number of fused-ring (bicyclic) bond motifs is 1. The minimum absolute atomic E-state index is 0.340. The predicted octanol–water partition coefficient (Wildman–Crippen LogP) is 2.34. The summed E-state index contributed by atoms with van der Waals surface area (Å²) in [5.74, 6) is 1.95. The summed E-state index contributed by atoms with van der Waals surface area (Å²) in [6.07, 6.45) is 0. The Balaban J connectivity index is 0.000000280. The Morgan fingerprint density at radius 1 is 1.31 bits per heavy atom. The number of aliphatic imine (C=N–C) groups is 1. The molecule has 2 aliphatic heterocycles. The summed E-state index contributed by atoms with van der Waals surface area (Å²) < 4.78 is 0. The molecule has 1 fully saturated rings. The summed E-state index contributed by atoms with van der Waals surface area (Å²) in [7, 11) is 0. The topological polar surface area (TPSA) is 27.6 Å². The van der Waals surface area contributed by atoms with Crippen LogP contribution in [0.4, 0.5) is 0 Å². The van der Waals surface area contributed by atoms with E-state index >= 15 is 0 Å². The van der Waals surface area contributed by atoms with Crippen LogP contribution >= 0.6 is 0 Å². The molecule has 3 nitrogen and oxygen atoms in total. The fraction of sp³-hybridized carbons (Fsp3) is 0.923. The molecule has 2 aliphatic rings. The average molecular weight is 225 g/mol. The monoisotopic (exact) mass is 225 g/mol. The summed E-state index contributed by atoms with van der Waals surface area (Å²) in [4.78, 5) is 6.74. The van der Waals surface area contributed by atoms with Crippen LogP contribution in [-0.2, 0) is 0 Å². The van der Waals surface area contributed by atoms with Gasteiger partial charge >= 0.3 is 0 Å². The molecule has 2 heterocycles. The second-order valence-corrected chi connectivity index (χ2v) is 6.45. The van der Waals surface area contributed by atoms with Crippen molar-refractivity contribution in [1.82, 2.24) is 10.2 Å². The first-order valence-electron chi connectivity index (χ1n) is 6.36. The third-order valence-electron chi connectivity index (χ3n) is 2.68. The zero-order chi connectivity index (χ0) is 12.3. The van der Waals surface area contributed by atoms with Crippen LogP contribution < -0.4 is 5.32 Å². The molecule has 94 valence electrons. The lowest BCUT2D eigenvalue weighted by Gasteiger charge is -2.26. The molecule has 0 radical (unpaired) electrons. The van der Waals surface area contributed by atoms with Gasteiger partial charge in [-0.3, -0.25) is 4.99 Å². The van der Waals surface area contributed by atoms with Crippen molar-refractivity contribution in [3.63, 3.8) is 0 Å². The number of nitrogens with one attached hydrogen (secondary N) is 1. The smallest absolute Gasteiger partial charge is 0.194 e. The molecule has 0 aliphatic carbocycles. The van der Waals surface area contributed by atoms with Gasteiger partial charge in [0.15, 0.2) is 5.96 Å². The van der Waals surface area contributed by atoms with E-state index in [2.05, 4.69) is 56.8 Å². The molecule has 0 bridgehead atoms. The summed E-state index contributed by atoms with van der Waals surface area (Å²) in [6, 6.07) is 0.566. The van der Waals surface area contributed by atoms with Crippen LogP contribution in [-0.4, -0.2) is 36.5 Å². The number of rotatable bonds is 0. The van der Waals surface area contributed by atoms with Gasteiger partial charge in [0.05, 0.1) is 12.6 Å². The highest BCUT2D eigenvalue weighted by atomic mass is 15.4. The summed E-state index contributed by atoms with van der Waals surface area (Å²) in [5.41, 5.74) is 0.340. The van der Waals surface area contributed by atoms with Crippen molar-refractivity contribution in [3.8, 4) is 0 Å². The van der Waals surface area contributed by atoms with Crippen LogP contribution in [0.2, 0.25) is 0 Å². The molecule has 0 aromatic carbocycles. The molecule has 0 amide bonds. The molecular formula is C13H27N3. The minimum Gasteiger partial charge on any atom is -0.351 e. The molecule has 0 saturated carbocycles. The van der Waals surface area contributed by atoms with E-state index in [1.165, 1.54) is 0 Å². The molecule has 1 unspecified atom stereocenters. The van der Waals surface area contributed by atoms with Gasteiger partial charge in [0, 0.05) is 13.1 Å². The van der Waals surface area contributed by atoms with E-state index in [0.29, 0.717) is 11.5 Å². The van der Waals surface area contributed by atoms with Crippen molar-refractivity contribution < 1.29 is 0 Å². The maximum absolute atomic E-state index is 4.39. The van der Waals surface area contributed by atoms with Crippen molar-refractivity contribution in [1.29, 1.82) is 0 Å². The molecule has 3 heteroatoms. The van der Waals surface area contributed by atoms with Crippen LogP contribution in [0, 0.1) is 11.3 Å². The van der Waals surface area contributed by atoms with Gasteiger partial charge in [-0.25, -0.2) is 0 Å². The minimum atomic E-state index is 0.340. The summed E-state index contributed by atoms with van der Waals surface area (Å²) in [5, 5.41) is 3.47. The molecule has 1 N–H and O–H groups in total. The molecule has 16 heavy (non-hydrogen) atoms. The molecule has 0 aromatic rings. The number of nitrogens with zero attached hydrogens (tertiary/aromatic N) is 2. The van der Waals surface area contributed by atoms with E-state index in [1.54, 1.807) is 0 Å². The van der Waals surface area contributed by atoms with Crippen molar-refractivity contribution in [3.05, 3.63) is 0 Å². The van der Waals surface area contributed by atoms with Crippen LogP contribution in [0.1, 0.15) is 41.5 Å². The maximum Gasteiger partial charge on any atom is 0.194 e. The van der Waals surface area contributed by atoms with Gasteiger partial charge in [0.1, 0.15) is 0 Å². The molecule has 1 saturated heterocycles. The fourth-order valence-corrected chi connectivity index (χ4v) is 1.71. The van der Waals surface area contributed by atoms with Crippen molar-refractivity contribution in [2.75, 3.05) is 19.6 Å². The second-order valence-electron chi connectivity index (χ2n) is 6.45. The first-order chi connectivity index (χ1) is 7.30. The third kappa shape index (κ3) is 3.69. The first kappa shape index (κ1) is 13.3. The lowest BCUT2D eigenvalue weighted by molar-refractivity contribution is 0.286. The Labute approximate surface area is 100 Å². The summed E-state index contributed by atoms with van der Waals surface area (Å²) >= 11 is 0. The van der Waals surface area contributed by atoms with Crippen LogP contribution in [0.5, 0.6) is 0 Å². The standard InChI is InChI=1S/C9H17N3.C4H10/c1-9(2,3)7-6-12-5-4-10-8(12)11-7;1-4(2)3/h7H,4-6H2,1-3H3,(H,10,11);4H,1-3H3. The molecular weight excluding hydrogens is 198 g/mol. The third-order valence-corrected chi connectivity index (χ3v) is 2.68. The summed E-state index contributed by atoms with van der Waals surface area (Å²) in [6.45, 7) is 16.5. The highest BCUT2D eigenvalue weighted by Crippen LogP contribution is 2.24. The van der Waals surface area contributed by atoms with Gasteiger partial charge in [-0.2, -0.15) is 0 Å². The average Bonchev–Trinajstić information content (AvgIpc) is 2.56. The molecule has 0 spiro atoms. The van der Waals surface area contributed by atoms with Gasteiger partial charge in [-0.05, 0) is 11.3 Å². The van der Waals surface area contributed by atoms with E-state index in [4.69, 9.17) is 0 Å². The lowest BCUT2D eigenvalue weighted by Crippen LogP contribution is -2.38. The lowest BCUT2D eigenvalue weighted by atomic mass is 9.87. The van der Waals surface area contributed by atoms with Crippen LogP contribution in [0.15, 0.2) is 4.99 Å². The van der Waals surface area contributed by atoms with Crippen LogP contribution in [0.3, 0.4) is 0 Å². The zero-order valence-corrected chi connectivity index (χ0v) is 11.7. The first-order valence-corrected chi connectivity index (χ1v) is 6.36. The number of hydrogen-bond donors (Lipinski definition) is 1. The predicted molar refractivity (Wildman–Crippen MR) is 70.8 cm³/mol. The molecule has 1 atom stereocenters. The highest BCUT2D eigenvalue weighted by Gasteiger charge is 2.36. The largest absolute Gasteiger partial charge is 0.351 e. The fourth-order valence-electron chi connectivity index (χ4n) is 1.71. The Bertz CT molecular complexity index is 248. The molecule has 0 aromatic heterocycles. The highest BCUT2D eigenvalue weighted by molar-refractivity contribution is 5.83. The van der Waals surface area contributed by atoms with E-state index in [9.17, 15) is 0 Å². The Morgan fingerprint density at radius 3 is 2.31 bits per heavy atom. The number of hydrogen-bond acceptors (Lipinski definition) is 3.